The van der Waals surface area contributed by atoms with Crippen molar-refractivity contribution in [2.45, 2.75) is 231 Å². The van der Waals surface area contributed by atoms with Gasteiger partial charge in [-0.05, 0) is 38.5 Å². The van der Waals surface area contributed by atoms with Gasteiger partial charge in [-0.15, -0.1) is 0 Å². The summed E-state index contributed by atoms with van der Waals surface area (Å²) in [6, 6.07) is -0.806. The molecule has 5 heteroatoms. The van der Waals surface area contributed by atoms with Gasteiger partial charge in [0, 0.05) is 6.42 Å². The second kappa shape index (κ2) is 35.9. The Bertz CT molecular complexity index is 625. The number of aliphatic hydroxyl groups excluding tert-OH is 3. The zero-order valence-corrected chi connectivity index (χ0v) is 30.3. The smallest absolute Gasteiger partial charge is 0.220 e. The number of amides is 1. The lowest BCUT2D eigenvalue weighted by Crippen LogP contribution is -2.50. The summed E-state index contributed by atoms with van der Waals surface area (Å²) >= 11 is 0. The summed E-state index contributed by atoms with van der Waals surface area (Å²) < 4.78 is 0. The maximum atomic E-state index is 12.4. The van der Waals surface area contributed by atoms with E-state index in [2.05, 4.69) is 31.3 Å². The minimum Gasteiger partial charge on any atom is -0.394 e. The molecule has 0 spiro atoms. The Morgan fingerprint density at radius 2 is 0.889 bits per heavy atom. The zero-order valence-electron chi connectivity index (χ0n) is 30.3. The first kappa shape index (κ1) is 44.1. The minimum absolute atomic E-state index is 0.149. The summed E-state index contributed by atoms with van der Waals surface area (Å²) in [5.41, 5.74) is 0. The van der Waals surface area contributed by atoms with Crippen LogP contribution < -0.4 is 5.32 Å². The monoisotopic (exact) mass is 638 g/mol. The molecule has 3 atom stereocenters. The van der Waals surface area contributed by atoms with Gasteiger partial charge in [0.05, 0.1) is 18.8 Å². The number of carbonyl (C=O) groups is 1. The number of hydrogen-bond donors (Lipinski definition) is 4. The Balaban J connectivity index is 3.64. The van der Waals surface area contributed by atoms with Crippen LogP contribution in [0.1, 0.15) is 213 Å². The van der Waals surface area contributed by atoms with Crippen molar-refractivity contribution in [3.8, 4) is 0 Å². The molecule has 0 rings (SSSR count). The van der Waals surface area contributed by atoms with Gasteiger partial charge in [-0.1, -0.05) is 180 Å². The zero-order chi connectivity index (χ0) is 33.1. The standard InChI is InChI=1S/C40H79NO4/c1-3-5-7-9-11-13-15-17-18-19-20-21-22-23-25-27-29-31-33-35-39(44)41-37(36-42)40(45)38(43)34-32-30-28-26-24-16-14-12-10-8-6-4-2/h19-20,37-38,40,42-43,45H,3-18,21-36H2,1-2H3,(H,41,44)/b20-19-. The molecular formula is C40H79NO4. The fourth-order valence-electron chi connectivity index (χ4n) is 6.21. The first-order valence-corrected chi connectivity index (χ1v) is 20.0. The third-order valence-corrected chi connectivity index (χ3v) is 9.37. The van der Waals surface area contributed by atoms with E-state index in [9.17, 15) is 20.1 Å². The lowest BCUT2D eigenvalue weighted by atomic mass is 9.99. The van der Waals surface area contributed by atoms with E-state index in [4.69, 9.17) is 0 Å². The highest BCUT2D eigenvalue weighted by molar-refractivity contribution is 5.76. The van der Waals surface area contributed by atoms with E-state index in [1.54, 1.807) is 0 Å². The van der Waals surface area contributed by atoms with Gasteiger partial charge < -0.3 is 20.6 Å². The van der Waals surface area contributed by atoms with Gasteiger partial charge in [0.2, 0.25) is 5.91 Å². The fourth-order valence-corrected chi connectivity index (χ4v) is 6.21. The van der Waals surface area contributed by atoms with Gasteiger partial charge in [0.15, 0.2) is 0 Å². The van der Waals surface area contributed by atoms with Gasteiger partial charge in [0.25, 0.3) is 0 Å². The van der Waals surface area contributed by atoms with E-state index < -0.39 is 18.2 Å². The second-order valence-electron chi connectivity index (χ2n) is 13.8. The molecule has 5 nitrogen and oxygen atoms in total. The minimum atomic E-state index is -1.13. The largest absolute Gasteiger partial charge is 0.394 e. The molecule has 0 aliphatic heterocycles. The summed E-state index contributed by atoms with van der Waals surface area (Å²) in [5.74, 6) is -0.149. The van der Waals surface area contributed by atoms with Crippen molar-refractivity contribution in [2.24, 2.45) is 0 Å². The molecule has 0 saturated carbocycles. The average molecular weight is 638 g/mol. The summed E-state index contributed by atoms with van der Waals surface area (Å²) in [5, 5.41) is 33.4. The van der Waals surface area contributed by atoms with E-state index in [1.807, 2.05) is 0 Å². The van der Waals surface area contributed by atoms with E-state index in [-0.39, 0.29) is 12.5 Å². The van der Waals surface area contributed by atoms with Crippen LogP contribution in [-0.4, -0.2) is 46.1 Å². The number of aliphatic hydroxyl groups is 3. The SMILES string of the molecule is CCCCCCCCCC/C=C\CCCCCCCCCC(=O)NC(CO)C(O)C(O)CCCCCCCCCCCCCC. The van der Waals surface area contributed by atoms with E-state index in [0.717, 1.165) is 38.5 Å². The first-order valence-electron chi connectivity index (χ1n) is 20.0. The lowest BCUT2D eigenvalue weighted by Gasteiger charge is -2.26. The molecule has 3 unspecified atom stereocenters. The van der Waals surface area contributed by atoms with E-state index in [0.29, 0.717) is 12.8 Å². The third kappa shape index (κ3) is 31.5. The topological polar surface area (TPSA) is 89.8 Å². The molecule has 45 heavy (non-hydrogen) atoms. The Kier molecular flexibility index (Phi) is 35.2. The highest BCUT2D eigenvalue weighted by atomic mass is 16.3. The molecule has 0 aliphatic carbocycles. The van der Waals surface area contributed by atoms with Crippen molar-refractivity contribution in [3.63, 3.8) is 0 Å². The summed E-state index contributed by atoms with van der Waals surface area (Å²) in [7, 11) is 0. The van der Waals surface area contributed by atoms with Crippen molar-refractivity contribution in [1.82, 2.24) is 5.32 Å². The number of carbonyl (C=O) groups excluding carboxylic acids is 1. The van der Waals surface area contributed by atoms with Crippen molar-refractivity contribution < 1.29 is 20.1 Å². The van der Waals surface area contributed by atoms with E-state index >= 15 is 0 Å². The Labute approximate surface area is 280 Å². The van der Waals surface area contributed by atoms with Crippen LogP contribution in [-0.2, 0) is 4.79 Å². The van der Waals surface area contributed by atoms with Crippen LogP contribution in [0, 0.1) is 0 Å². The Morgan fingerprint density at radius 1 is 0.533 bits per heavy atom. The highest BCUT2D eigenvalue weighted by Crippen LogP contribution is 2.16. The summed E-state index contributed by atoms with van der Waals surface area (Å²) in [4.78, 5) is 12.4. The van der Waals surface area contributed by atoms with Gasteiger partial charge in [0.1, 0.15) is 6.10 Å². The average Bonchev–Trinajstić information content (AvgIpc) is 3.04. The number of rotatable bonds is 36. The van der Waals surface area contributed by atoms with Crippen molar-refractivity contribution in [2.75, 3.05) is 6.61 Å². The molecule has 0 aliphatic rings. The molecule has 1 amide bonds. The van der Waals surface area contributed by atoms with Crippen molar-refractivity contribution in [1.29, 1.82) is 0 Å². The summed E-state index contributed by atoms with van der Waals surface area (Å²) in [6.07, 6.45) is 40.2. The molecule has 0 aromatic heterocycles. The van der Waals surface area contributed by atoms with Gasteiger partial charge in [-0.25, -0.2) is 0 Å². The van der Waals surface area contributed by atoms with E-state index in [1.165, 1.54) is 148 Å². The Morgan fingerprint density at radius 3 is 1.29 bits per heavy atom. The number of hydrogen-bond acceptors (Lipinski definition) is 4. The third-order valence-electron chi connectivity index (χ3n) is 9.37. The highest BCUT2D eigenvalue weighted by Gasteiger charge is 2.26. The summed E-state index contributed by atoms with van der Waals surface area (Å²) in [6.45, 7) is 4.17. The maximum Gasteiger partial charge on any atom is 0.220 e. The molecule has 268 valence electrons. The number of nitrogens with one attached hydrogen (secondary N) is 1. The normalized spacial score (nSPS) is 13.8. The van der Waals surface area contributed by atoms with Crippen LogP contribution in [0.15, 0.2) is 12.2 Å². The number of allylic oxidation sites excluding steroid dienone is 2. The Hall–Kier alpha value is -0.910. The maximum absolute atomic E-state index is 12.4. The molecule has 0 saturated heterocycles. The van der Waals surface area contributed by atoms with Gasteiger partial charge >= 0.3 is 0 Å². The van der Waals surface area contributed by atoms with Crippen LogP contribution in [0.5, 0.6) is 0 Å². The first-order chi connectivity index (χ1) is 22.1. The van der Waals surface area contributed by atoms with Crippen LogP contribution in [0.3, 0.4) is 0 Å². The molecule has 0 fully saturated rings. The van der Waals surface area contributed by atoms with Crippen LogP contribution >= 0.6 is 0 Å². The quantitative estimate of drug-likeness (QED) is 0.0406. The molecule has 0 aromatic carbocycles. The number of unbranched alkanes of at least 4 members (excludes halogenated alkanes) is 26. The van der Waals surface area contributed by atoms with Crippen LogP contribution in [0.25, 0.3) is 0 Å². The molecule has 0 radical (unpaired) electrons. The van der Waals surface area contributed by atoms with Gasteiger partial charge in [-0.3, -0.25) is 4.79 Å². The van der Waals surface area contributed by atoms with Crippen molar-refractivity contribution >= 4 is 5.91 Å². The molecular weight excluding hydrogens is 558 g/mol. The predicted molar refractivity (Wildman–Crippen MR) is 195 cm³/mol. The molecule has 0 aromatic rings. The van der Waals surface area contributed by atoms with Crippen molar-refractivity contribution in [3.05, 3.63) is 12.2 Å². The molecule has 0 bridgehead atoms. The van der Waals surface area contributed by atoms with Crippen LogP contribution in [0.4, 0.5) is 0 Å². The lowest BCUT2D eigenvalue weighted by molar-refractivity contribution is -0.124. The van der Waals surface area contributed by atoms with Crippen LogP contribution in [0.2, 0.25) is 0 Å². The molecule has 0 heterocycles. The predicted octanol–water partition coefficient (Wildman–Crippen LogP) is 10.9. The molecule has 4 N–H and O–H groups in total. The van der Waals surface area contributed by atoms with Gasteiger partial charge in [-0.2, -0.15) is 0 Å². The second-order valence-corrected chi connectivity index (χ2v) is 13.8. The fraction of sp³-hybridized carbons (Fsp3) is 0.925.